The Bertz CT molecular complexity index is 488. The summed E-state index contributed by atoms with van der Waals surface area (Å²) in [4.78, 5) is 18.5. The molecule has 1 aromatic heterocycles. The highest BCUT2D eigenvalue weighted by Crippen LogP contribution is 2.12. The molecule has 0 saturated heterocycles. The summed E-state index contributed by atoms with van der Waals surface area (Å²) in [6, 6.07) is 3.76. The molecule has 102 valence electrons. The molecule has 1 atom stereocenters. The highest BCUT2D eigenvalue weighted by atomic mass is 16.2. The first-order valence-corrected chi connectivity index (χ1v) is 6.60. The lowest BCUT2D eigenvalue weighted by atomic mass is 10.1. The Morgan fingerprint density at radius 3 is 2.84 bits per heavy atom. The average molecular weight is 259 g/mol. The van der Waals surface area contributed by atoms with E-state index in [1.807, 2.05) is 18.7 Å². The molecule has 1 amide bonds. The van der Waals surface area contributed by atoms with Gasteiger partial charge >= 0.3 is 0 Å². The number of carbonyl (C=O) groups excluding carboxylic acids is 1. The van der Waals surface area contributed by atoms with Crippen LogP contribution in [0.5, 0.6) is 0 Å². The number of nitrogens with zero attached hydrogens (tertiary/aromatic N) is 2. The number of amides is 1. The summed E-state index contributed by atoms with van der Waals surface area (Å²) in [7, 11) is 0. The summed E-state index contributed by atoms with van der Waals surface area (Å²) in [5, 5.41) is 0. The van der Waals surface area contributed by atoms with Crippen LogP contribution >= 0.6 is 0 Å². The summed E-state index contributed by atoms with van der Waals surface area (Å²) in [5.74, 6) is 5.60. The van der Waals surface area contributed by atoms with E-state index in [2.05, 4.69) is 23.7 Å². The van der Waals surface area contributed by atoms with E-state index >= 15 is 0 Å². The van der Waals surface area contributed by atoms with Crippen LogP contribution in [-0.4, -0.2) is 34.9 Å². The first-order valence-electron chi connectivity index (χ1n) is 6.60. The molecule has 0 aliphatic heterocycles. The zero-order valence-corrected chi connectivity index (χ0v) is 11.8. The second-order valence-corrected chi connectivity index (χ2v) is 4.25. The molecule has 1 rings (SSSR count). The van der Waals surface area contributed by atoms with Crippen LogP contribution in [0.4, 0.5) is 0 Å². The molecule has 0 aliphatic rings. The van der Waals surface area contributed by atoms with Gasteiger partial charge in [-0.2, -0.15) is 0 Å². The number of hydrogen-bond donors (Lipinski definition) is 1. The third-order valence-electron chi connectivity index (χ3n) is 3.06. The predicted molar refractivity (Wildman–Crippen MR) is 76.6 cm³/mol. The van der Waals surface area contributed by atoms with E-state index in [-0.39, 0.29) is 18.5 Å². The third kappa shape index (κ3) is 3.80. The van der Waals surface area contributed by atoms with Crippen LogP contribution in [0.1, 0.15) is 43.2 Å². The van der Waals surface area contributed by atoms with Gasteiger partial charge in [0.2, 0.25) is 0 Å². The van der Waals surface area contributed by atoms with Gasteiger partial charge in [-0.25, -0.2) is 4.98 Å². The maximum atomic E-state index is 12.5. The zero-order valence-electron chi connectivity index (χ0n) is 11.8. The van der Waals surface area contributed by atoms with Gasteiger partial charge in [-0.3, -0.25) is 4.79 Å². The summed E-state index contributed by atoms with van der Waals surface area (Å²) >= 11 is 0. The quantitative estimate of drug-likeness (QED) is 0.836. The van der Waals surface area contributed by atoms with Crippen LogP contribution in [0.3, 0.4) is 0 Å². The van der Waals surface area contributed by atoms with Crippen LogP contribution in [0, 0.1) is 11.8 Å². The fourth-order valence-corrected chi connectivity index (χ4v) is 1.83. The van der Waals surface area contributed by atoms with Gasteiger partial charge in [-0.1, -0.05) is 18.8 Å². The molecule has 0 bridgehead atoms. The molecular weight excluding hydrogens is 238 g/mol. The Hall–Kier alpha value is -1.86. The summed E-state index contributed by atoms with van der Waals surface area (Å²) in [6.07, 6.45) is 2.53. The van der Waals surface area contributed by atoms with E-state index in [9.17, 15) is 4.79 Å². The fourth-order valence-electron chi connectivity index (χ4n) is 1.83. The smallest absolute Gasteiger partial charge is 0.273 e. The van der Waals surface area contributed by atoms with Crippen molar-refractivity contribution in [3.05, 3.63) is 29.6 Å². The standard InChI is InChI=1S/C15H21N3O/c1-4-12(3)18(5-2)15(19)14-13(8-6-10-16)9-7-11-17-14/h7,9,11-12H,4-5,10,16H2,1-3H3. The minimum Gasteiger partial charge on any atom is -0.335 e. The van der Waals surface area contributed by atoms with Crippen molar-refractivity contribution in [2.75, 3.05) is 13.1 Å². The van der Waals surface area contributed by atoms with Crippen LogP contribution in [-0.2, 0) is 0 Å². The SMILES string of the molecule is CCC(C)N(CC)C(=O)c1ncccc1C#CCN. The Labute approximate surface area is 115 Å². The molecule has 0 spiro atoms. The lowest BCUT2D eigenvalue weighted by Gasteiger charge is -2.27. The number of pyridine rings is 1. The third-order valence-corrected chi connectivity index (χ3v) is 3.06. The van der Waals surface area contributed by atoms with Gasteiger partial charge in [0.15, 0.2) is 0 Å². The molecule has 1 heterocycles. The molecule has 0 aliphatic carbocycles. The van der Waals surface area contributed by atoms with Gasteiger partial charge in [0.1, 0.15) is 5.69 Å². The monoisotopic (exact) mass is 259 g/mol. The van der Waals surface area contributed by atoms with Gasteiger partial charge in [-0.05, 0) is 32.4 Å². The molecule has 4 heteroatoms. The molecule has 1 unspecified atom stereocenters. The van der Waals surface area contributed by atoms with Gasteiger partial charge in [0, 0.05) is 18.8 Å². The van der Waals surface area contributed by atoms with E-state index < -0.39 is 0 Å². The Kier molecular flexibility index (Phi) is 6.04. The van der Waals surface area contributed by atoms with Crippen molar-refractivity contribution in [1.82, 2.24) is 9.88 Å². The molecule has 0 aromatic carbocycles. The van der Waals surface area contributed by atoms with E-state index in [1.165, 1.54) is 0 Å². The summed E-state index contributed by atoms with van der Waals surface area (Å²) in [5.41, 5.74) is 6.42. The normalized spacial score (nSPS) is 11.4. The summed E-state index contributed by atoms with van der Waals surface area (Å²) < 4.78 is 0. The average Bonchev–Trinajstić information content (AvgIpc) is 2.45. The zero-order chi connectivity index (χ0) is 14.3. The molecule has 2 N–H and O–H groups in total. The number of hydrogen-bond acceptors (Lipinski definition) is 3. The van der Waals surface area contributed by atoms with Crippen LogP contribution in [0.2, 0.25) is 0 Å². The van der Waals surface area contributed by atoms with Crippen LogP contribution in [0.15, 0.2) is 18.3 Å². The molecule has 0 fully saturated rings. The van der Waals surface area contributed by atoms with E-state index in [0.717, 1.165) is 6.42 Å². The Morgan fingerprint density at radius 2 is 2.26 bits per heavy atom. The van der Waals surface area contributed by atoms with Crippen molar-refractivity contribution in [1.29, 1.82) is 0 Å². The Balaban J connectivity index is 3.11. The molecule has 0 radical (unpaired) electrons. The van der Waals surface area contributed by atoms with Crippen molar-refractivity contribution >= 4 is 5.91 Å². The molecule has 4 nitrogen and oxygen atoms in total. The predicted octanol–water partition coefficient (Wildman–Crippen LogP) is 1.65. The maximum absolute atomic E-state index is 12.5. The number of nitrogens with two attached hydrogens (primary N) is 1. The number of carbonyl (C=O) groups is 1. The first kappa shape index (κ1) is 15.2. The van der Waals surface area contributed by atoms with Crippen molar-refractivity contribution in [3.8, 4) is 11.8 Å². The van der Waals surface area contributed by atoms with Crippen LogP contribution in [0.25, 0.3) is 0 Å². The second-order valence-electron chi connectivity index (χ2n) is 4.25. The van der Waals surface area contributed by atoms with Crippen LogP contribution < -0.4 is 5.73 Å². The number of aromatic nitrogens is 1. The van der Waals surface area contributed by atoms with Crippen molar-refractivity contribution in [2.45, 2.75) is 33.2 Å². The van der Waals surface area contributed by atoms with Crippen molar-refractivity contribution in [2.24, 2.45) is 5.73 Å². The fraction of sp³-hybridized carbons (Fsp3) is 0.467. The van der Waals surface area contributed by atoms with E-state index in [1.54, 1.807) is 18.3 Å². The second kappa shape index (κ2) is 7.55. The lowest BCUT2D eigenvalue weighted by Crippen LogP contribution is -2.38. The minimum absolute atomic E-state index is 0.0706. The minimum atomic E-state index is -0.0706. The molecule has 1 aromatic rings. The van der Waals surface area contributed by atoms with Gasteiger partial charge in [0.25, 0.3) is 5.91 Å². The molecule has 19 heavy (non-hydrogen) atoms. The highest BCUT2D eigenvalue weighted by Gasteiger charge is 2.21. The van der Waals surface area contributed by atoms with Gasteiger partial charge in [0.05, 0.1) is 12.1 Å². The van der Waals surface area contributed by atoms with Crippen molar-refractivity contribution < 1.29 is 4.79 Å². The van der Waals surface area contributed by atoms with E-state index in [0.29, 0.717) is 17.8 Å². The largest absolute Gasteiger partial charge is 0.335 e. The maximum Gasteiger partial charge on any atom is 0.273 e. The van der Waals surface area contributed by atoms with Gasteiger partial charge in [-0.15, -0.1) is 0 Å². The van der Waals surface area contributed by atoms with Crippen molar-refractivity contribution in [3.63, 3.8) is 0 Å². The Morgan fingerprint density at radius 1 is 1.53 bits per heavy atom. The number of rotatable bonds is 4. The van der Waals surface area contributed by atoms with E-state index in [4.69, 9.17) is 5.73 Å². The molecular formula is C15H21N3O. The van der Waals surface area contributed by atoms with Gasteiger partial charge < -0.3 is 10.6 Å². The first-order chi connectivity index (χ1) is 9.15. The summed E-state index contributed by atoms with van der Waals surface area (Å²) in [6.45, 7) is 7.00. The topological polar surface area (TPSA) is 59.2 Å². The highest BCUT2D eigenvalue weighted by molar-refractivity contribution is 5.95. The lowest BCUT2D eigenvalue weighted by molar-refractivity contribution is 0.0693. The molecule has 0 saturated carbocycles.